The molecule has 1 unspecified atom stereocenters. The van der Waals surface area contributed by atoms with Crippen LogP contribution in [-0.2, 0) is 6.54 Å². The Hall–Kier alpha value is -1.75. The molecule has 4 nitrogen and oxygen atoms in total. The van der Waals surface area contributed by atoms with E-state index in [1.807, 2.05) is 25.1 Å². The van der Waals surface area contributed by atoms with Gasteiger partial charge in [-0.05, 0) is 30.7 Å². The van der Waals surface area contributed by atoms with E-state index in [1.54, 1.807) is 7.11 Å². The Kier molecular flexibility index (Phi) is 7.56. The lowest BCUT2D eigenvalue weighted by atomic mass is 10.0. The summed E-state index contributed by atoms with van der Waals surface area (Å²) in [6.45, 7) is 6.58. The van der Waals surface area contributed by atoms with Gasteiger partial charge in [0.1, 0.15) is 11.5 Å². The van der Waals surface area contributed by atoms with Crippen molar-refractivity contribution in [1.82, 2.24) is 10.2 Å². The number of methoxy groups -OCH3 is 1. The topological polar surface area (TPSA) is 33.7 Å². The molecule has 1 aliphatic rings. The zero-order valence-corrected chi connectivity index (χ0v) is 15.7. The van der Waals surface area contributed by atoms with E-state index in [9.17, 15) is 0 Å². The first-order chi connectivity index (χ1) is 11.8. The minimum absolute atomic E-state index is 0. The molecule has 136 valence electrons. The Morgan fingerprint density at radius 2 is 2.00 bits per heavy atom. The van der Waals surface area contributed by atoms with Gasteiger partial charge in [0.15, 0.2) is 0 Å². The highest BCUT2D eigenvalue weighted by molar-refractivity contribution is 5.85. The molecule has 0 saturated carbocycles. The third kappa shape index (κ3) is 4.88. The lowest BCUT2D eigenvalue weighted by molar-refractivity contribution is 0.151. The summed E-state index contributed by atoms with van der Waals surface area (Å²) in [6, 6.07) is 17.0. The van der Waals surface area contributed by atoms with Crippen LogP contribution in [0.4, 0.5) is 0 Å². The maximum atomic E-state index is 5.63. The predicted molar refractivity (Wildman–Crippen MR) is 104 cm³/mol. The highest BCUT2D eigenvalue weighted by Gasteiger charge is 2.26. The average molecular weight is 363 g/mol. The standard InChI is InChI=1S/C20H26N2O2.ClH/c1-3-24-17-8-6-7-16(13-17)15-22-12-11-21-14-19(22)18-9-4-5-10-20(18)23-2;/h4-10,13,19,21H,3,11-12,14-15H2,1-2H3;1H. The molecule has 0 aromatic heterocycles. The van der Waals surface area contributed by atoms with Gasteiger partial charge < -0.3 is 14.8 Å². The first-order valence-corrected chi connectivity index (χ1v) is 8.61. The second kappa shape index (κ2) is 9.66. The maximum absolute atomic E-state index is 5.63. The van der Waals surface area contributed by atoms with Crippen LogP contribution < -0.4 is 14.8 Å². The van der Waals surface area contributed by atoms with Crippen molar-refractivity contribution in [3.8, 4) is 11.5 Å². The van der Waals surface area contributed by atoms with Gasteiger partial charge in [-0.1, -0.05) is 30.3 Å². The van der Waals surface area contributed by atoms with Crippen LogP contribution in [-0.4, -0.2) is 38.3 Å². The molecule has 0 bridgehead atoms. The number of rotatable bonds is 6. The minimum Gasteiger partial charge on any atom is -0.496 e. The second-order valence-electron chi connectivity index (χ2n) is 6.01. The molecule has 3 rings (SSSR count). The van der Waals surface area contributed by atoms with E-state index < -0.39 is 0 Å². The molecular weight excluding hydrogens is 336 g/mol. The fourth-order valence-corrected chi connectivity index (χ4v) is 3.32. The summed E-state index contributed by atoms with van der Waals surface area (Å²) in [7, 11) is 1.74. The van der Waals surface area contributed by atoms with Crippen LogP contribution in [0, 0.1) is 0 Å². The molecule has 2 aromatic rings. The van der Waals surface area contributed by atoms with E-state index in [1.165, 1.54) is 11.1 Å². The average Bonchev–Trinajstić information content (AvgIpc) is 2.63. The third-order valence-electron chi connectivity index (χ3n) is 4.45. The molecule has 1 saturated heterocycles. The van der Waals surface area contributed by atoms with E-state index in [4.69, 9.17) is 9.47 Å². The summed E-state index contributed by atoms with van der Waals surface area (Å²) >= 11 is 0. The van der Waals surface area contributed by atoms with Crippen molar-refractivity contribution in [2.45, 2.75) is 19.5 Å². The predicted octanol–water partition coefficient (Wildman–Crippen LogP) is 3.66. The van der Waals surface area contributed by atoms with Crippen LogP contribution in [0.15, 0.2) is 48.5 Å². The monoisotopic (exact) mass is 362 g/mol. The smallest absolute Gasteiger partial charge is 0.123 e. The molecule has 1 N–H and O–H groups in total. The maximum Gasteiger partial charge on any atom is 0.123 e. The number of benzene rings is 2. The summed E-state index contributed by atoms with van der Waals surface area (Å²) in [5, 5.41) is 3.51. The van der Waals surface area contributed by atoms with Crippen molar-refractivity contribution in [1.29, 1.82) is 0 Å². The summed E-state index contributed by atoms with van der Waals surface area (Å²) in [5.41, 5.74) is 2.52. The van der Waals surface area contributed by atoms with Gasteiger partial charge in [0.2, 0.25) is 0 Å². The van der Waals surface area contributed by atoms with Crippen LogP contribution in [0.5, 0.6) is 11.5 Å². The Bertz CT molecular complexity index is 666. The van der Waals surface area contributed by atoms with E-state index in [-0.39, 0.29) is 12.4 Å². The molecular formula is C20H27ClN2O2. The number of ether oxygens (including phenoxy) is 2. The summed E-state index contributed by atoms with van der Waals surface area (Å²) < 4.78 is 11.2. The number of para-hydroxylation sites is 1. The molecule has 1 atom stereocenters. The summed E-state index contributed by atoms with van der Waals surface area (Å²) in [5.74, 6) is 1.90. The summed E-state index contributed by atoms with van der Waals surface area (Å²) in [4.78, 5) is 2.51. The first-order valence-electron chi connectivity index (χ1n) is 8.61. The fraction of sp³-hybridized carbons (Fsp3) is 0.400. The van der Waals surface area contributed by atoms with Gasteiger partial charge in [0, 0.05) is 31.7 Å². The van der Waals surface area contributed by atoms with Gasteiger partial charge in [-0.25, -0.2) is 0 Å². The molecule has 1 heterocycles. The van der Waals surface area contributed by atoms with Crippen LogP contribution in [0.1, 0.15) is 24.1 Å². The molecule has 2 aromatic carbocycles. The van der Waals surface area contributed by atoms with Crippen LogP contribution in [0.2, 0.25) is 0 Å². The highest BCUT2D eigenvalue weighted by atomic mass is 35.5. The Labute approximate surface area is 156 Å². The third-order valence-corrected chi connectivity index (χ3v) is 4.45. The largest absolute Gasteiger partial charge is 0.496 e. The molecule has 0 radical (unpaired) electrons. The molecule has 25 heavy (non-hydrogen) atoms. The van der Waals surface area contributed by atoms with Gasteiger partial charge >= 0.3 is 0 Å². The van der Waals surface area contributed by atoms with E-state index in [0.29, 0.717) is 12.6 Å². The lowest BCUT2D eigenvalue weighted by Gasteiger charge is -2.37. The zero-order chi connectivity index (χ0) is 16.8. The van der Waals surface area contributed by atoms with Crippen LogP contribution >= 0.6 is 12.4 Å². The molecule has 5 heteroatoms. The van der Waals surface area contributed by atoms with Gasteiger partial charge in [0.05, 0.1) is 19.8 Å². The van der Waals surface area contributed by atoms with Gasteiger partial charge in [0.25, 0.3) is 0 Å². The number of halogens is 1. The number of piperazine rings is 1. The van der Waals surface area contributed by atoms with Crippen molar-refractivity contribution < 1.29 is 9.47 Å². The van der Waals surface area contributed by atoms with E-state index in [2.05, 4.69) is 40.5 Å². The summed E-state index contributed by atoms with van der Waals surface area (Å²) in [6.07, 6.45) is 0. The second-order valence-corrected chi connectivity index (χ2v) is 6.01. The van der Waals surface area contributed by atoms with Crippen molar-refractivity contribution in [2.24, 2.45) is 0 Å². The molecule has 1 fully saturated rings. The Morgan fingerprint density at radius 3 is 2.80 bits per heavy atom. The van der Waals surface area contributed by atoms with E-state index >= 15 is 0 Å². The number of nitrogens with one attached hydrogen (secondary N) is 1. The zero-order valence-electron chi connectivity index (χ0n) is 14.9. The minimum atomic E-state index is 0. The number of hydrogen-bond acceptors (Lipinski definition) is 4. The molecule has 1 aliphatic heterocycles. The van der Waals surface area contributed by atoms with Crippen molar-refractivity contribution in [3.05, 3.63) is 59.7 Å². The molecule has 0 spiro atoms. The van der Waals surface area contributed by atoms with Gasteiger partial charge in [-0.3, -0.25) is 4.90 Å². The first kappa shape index (κ1) is 19.6. The van der Waals surface area contributed by atoms with Crippen LogP contribution in [0.25, 0.3) is 0 Å². The van der Waals surface area contributed by atoms with Gasteiger partial charge in [-0.15, -0.1) is 12.4 Å². The van der Waals surface area contributed by atoms with Crippen molar-refractivity contribution >= 4 is 12.4 Å². The fourth-order valence-electron chi connectivity index (χ4n) is 3.32. The van der Waals surface area contributed by atoms with Crippen molar-refractivity contribution in [2.75, 3.05) is 33.4 Å². The number of hydrogen-bond donors (Lipinski definition) is 1. The lowest BCUT2D eigenvalue weighted by Crippen LogP contribution is -2.45. The SMILES string of the molecule is CCOc1cccc(CN2CCNCC2c2ccccc2OC)c1.Cl. The molecule has 0 amide bonds. The van der Waals surface area contributed by atoms with Gasteiger partial charge in [-0.2, -0.15) is 0 Å². The Morgan fingerprint density at radius 1 is 1.16 bits per heavy atom. The van der Waals surface area contributed by atoms with Crippen molar-refractivity contribution in [3.63, 3.8) is 0 Å². The highest BCUT2D eigenvalue weighted by Crippen LogP contribution is 2.31. The Balaban J connectivity index is 0.00000225. The molecule has 0 aliphatic carbocycles. The normalized spacial score (nSPS) is 17.6. The number of nitrogens with zero attached hydrogens (tertiary/aromatic N) is 1. The van der Waals surface area contributed by atoms with E-state index in [0.717, 1.165) is 37.7 Å². The quantitative estimate of drug-likeness (QED) is 0.850. The van der Waals surface area contributed by atoms with Crippen LogP contribution in [0.3, 0.4) is 0 Å².